The van der Waals surface area contributed by atoms with Gasteiger partial charge in [-0.1, -0.05) is 30.3 Å². The summed E-state index contributed by atoms with van der Waals surface area (Å²) in [6, 6.07) is 9.75. The molecular weight excluding hydrogens is 390 g/mol. The van der Waals surface area contributed by atoms with Crippen LogP contribution >= 0.6 is 12.4 Å². The number of aliphatic hydroxyl groups excluding tert-OH is 1. The van der Waals surface area contributed by atoms with Crippen LogP contribution in [0.2, 0.25) is 0 Å². The summed E-state index contributed by atoms with van der Waals surface area (Å²) >= 11 is 0. The molecule has 0 radical (unpaired) electrons. The number of aromatic nitrogens is 3. The Morgan fingerprint density at radius 2 is 2.00 bits per heavy atom. The zero-order valence-electron chi connectivity index (χ0n) is 16.6. The first kappa shape index (κ1) is 21.7. The van der Waals surface area contributed by atoms with Crippen molar-refractivity contribution in [3.63, 3.8) is 0 Å². The lowest BCUT2D eigenvalue weighted by Gasteiger charge is -2.30. The highest BCUT2D eigenvalue weighted by molar-refractivity contribution is 5.85. The molecule has 2 atom stereocenters. The first-order valence-corrected chi connectivity index (χ1v) is 10.3. The average Bonchev–Trinajstić information content (AvgIpc) is 3.41. The molecule has 7 nitrogen and oxygen atoms in total. The van der Waals surface area contributed by atoms with E-state index in [1.54, 1.807) is 9.58 Å². The third-order valence-electron chi connectivity index (χ3n) is 5.58. The number of carbonyl (C=O) groups is 1. The van der Waals surface area contributed by atoms with Gasteiger partial charge in [-0.2, -0.15) is 5.10 Å². The summed E-state index contributed by atoms with van der Waals surface area (Å²) in [6.07, 6.45) is 5.12. The Labute approximate surface area is 177 Å². The van der Waals surface area contributed by atoms with Crippen molar-refractivity contribution >= 4 is 18.3 Å². The van der Waals surface area contributed by atoms with Crippen molar-refractivity contribution in [3.8, 4) is 0 Å². The van der Waals surface area contributed by atoms with Crippen LogP contribution in [0.4, 0.5) is 0 Å². The fraction of sp³-hybridized carbons (Fsp3) is 0.571. The molecule has 158 valence electrons. The Kier molecular flexibility index (Phi) is 7.27. The number of piperidine rings is 1. The van der Waals surface area contributed by atoms with E-state index in [2.05, 4.69) is 5.10 Å². The van der Waals surface area contributed by atoms with Crippen LogP contribution in [0.15, 0.2) is 30.3 Å². The van der Waals surface area contributed by atoms with Gasteiger partial charge in [0.1, 0.15) is 12.4 Å². The Hall–Kier alpha value is -1.96. The minimum atomic E-state index is -0.432. The number of nitrogens with two attached hydrogens (primary N) is 1. The van der Waals surface area contributed by atoms with Crippen molar-refractivity contribution < 1.29 is 9.90 Å². The van der Waals surface area contributed by atoms with Crippen LogP contribution in [0.1, 0.15) is 48.9 Å². The summed E-state index contributed by atoms with van der Waals surface area (Å²) in [5, 5.41) is 14.5. The van der Waals surface area contributed by atoms with E-state index in [0.717, 1.165) is 30.7 Å². The van der Waals surface area contributed by atoms with E-state index in [-0.39, 0.29) is 30.9 Å². The maximum atomic E-state index is 12.8. The highest BCUT2D eigenvalue weighted by atomic mass is 35.5. The fourth-order valence-corrected chi connectivity index (χ4v) is 3.83. The molecule has 2 aliphatic rings. The molecule has 8 heteroatoms. The summed E-state index contributed by atoms with van der Waals surface area (Å²) < 4.78 is 1.69. The van der Waals surface area contributed by atoms with Gasteiger partial charge in [-0.25, -0.2) is 9.67 Å². The quantitative estimate of drug-likeness (QED) is 0.714. The molecule has 2 fully saturated rings. The van der Waals surface area contributed by atoms with Gasteiger partial charge in [0, 0.05) is 19.5 Å². The third-order valence-corrected chi connectivity index (χ3v) is 5.58. The van der Waals surface area contributed by atoms with E-state index in [1.165, 1.54) is 12.8 Å². The maximum absolute atomic E-state index is 12.8. The fourth-order valence-electron chi connectivity index (χ4n) is 3.83. The monoisotopic (exact) mass is 419 g/mol. The largest absolute Gasteiger partial charge is 0.391 e. The molecule has 1 aliphatic carbocycles. The van der Waals surface area contributed by atoms with Crippen LogP contribution in [0.5, 0.6) is 0 Å². The van der Waals surface area contributed by atoms with E-state index in [4.69, 9.17) is 10.7 Å². The van der Waals surface area contributed by atoms with Gasteiger partial charge >= 0.3 is 0 Å². The minimum Gasteiger partial charge on any atom is -0.391 e. The Morgan fingerprint density at radius 3 is 2.69 bits per heavy atom. The van der Waals surface area contributed by atoms with E-state index in [9.17, 15) is 9.90 Å². The third kappa shape index (κ3) is 5.78. The molecule has 2 heterocycles. The Morgan fingerprint density at radius 1 is 1.24 bits per heavy atom. The molecule has 1 amide bonds. The number of amides is 1. The number of β-amino-alcohol motifs (C(OH)–C–C–N with tert-alkyl or cyclic N) is 1. The predicted molar refractivity (Wildman–Crippen MR) is 113 cm³/mol. The second-order valence-corrected chi connectivity index (χ2v) is 8.12. The van der Waals surface area contributed by atoms with Crippen molar-refractivity contribution in [3.05, 3.63) is 47.5 Å². The molecule has 1 aliphatic heterocycles. The van der Waals surface area contributed by atoms with Gasteiger partial charge < -0.3 is 15.7 Å². The first-order valence-electron chi connectivity index (χ1n) is 10.3. The Balaban J connectivity index is 0.00000240. The van der Waals surface area contributed by atoms with Crippen LogP contribution in [0.3, 0.4) is 0 Å². The van der Waals surface area contributed by atoms with E-state index in [0.29, 0.717) is 31.3 Å². The molecule has 0 bridgehead atoms. The topological polar surface area (TPSA) is 97.3 Å². The first-order chi connectivity index (χ1) is 13.6. The number of hydrogen-bond donors (Lipinski definition) is 2. The lowest BCUT2D eigenvalue weighted by Crippen LogP contribution is -2.44. The molecule has 1 aromatic carbocycles. The molecule has 29 heavy (non-hydrogen) atoms. The smallest absolute Gasteiger partial charge is 0.244 e. The standard InChI is InChI=1S/C21H29N5O2.ClH/c22-18(11-15-5-2-1-3-6-15)21-23-19(12-16-8-9-16)24-26(21)14-20(28)25-10-4-7-17(27)13-25;/h1-3,5-6,16-18,27H,4,7-14,22H2;1H/t17-,18+;/m0./s1. The van der Waals surface area contributed by atoms with Gasteiger partial charge in [0.25, 0.3) is 0 Å². The normalized spacial score (nSPS) is 20.2. The van der Waals surface area contributed by atoms with Crippen molar-refractivity contribution in [2.75, 3.05) is 13.1 Å². The molecule has 0 spiro atoms. The van der Waals surface area contributed by atoms with Crippen LogP contribution in [0, 0.1) is 5.92 Å². The molecule has 4 rings (SSSR count). The number of aliphatic hydroxyl groups is 1. The number of hydrogen-bond acceptors (Lipinski definition) is 5. The van der Waals surface area contributed by atoms with Gasteiger partial charge in [-0.15, -0.1) is 12.4 Å². The van der Waals surface area contributed by atoms with Crippen LogP contribution in [-0.4, -0.2) is 49.9 Å². The highest BCUT2D eigenvalue weighted by Crippen LogP contribution is 2.32. The number of nitrogens with zero attached hydrogens (tertiary/aromatic N) is 4. The van der Waals surface area contributed by atoms with Crippen LogP contribution < -0.4 is 5.73 Å². The number of rotatable bonds is 7. The number of likely N-dealkylation sites (tertiary alicyclic amines) is 1. The van der Waals surface area contributed by atoms with E-state index < -0.39 is 6.10 Å². The lowest BCUT2D eigenvalue weighted by atomic mass is 10.1. The van der Waals surface area contributed by atoms with E-state index in [1.807, 2.05) is 30.3 Å². The molecule has 2 aromatic rings. The summed E-state index contributed by atoms with van der Waals surface area (Å²) in [7, 11) is 0. The molecular formula is C21H30ClN5O2. The lowest BCUT2D eigenvalue weighted by molar-refractivity contribution is -0.135. The molecule has 1 aromatic heterocycles. The molecule has 1 saturated heterocycles. The second kappa shape index (κ2) is 9.69. The van der Waals surface area contributed by atoms with Gasteiger partial charge in [-0.3, -0.25) is 4.79 Å². The number of benzene rings is 1. The van der Waals surface area contributed by atoms with Crippen molar-refractivity contribution in [1.29, 1.82) is 0 Å². The van der Waals surface area contributed by atoms with Crippen molar-refractivity contribution in [1.82, 2.24) is 19.7 Å². The van der Waals surface area contributed by atoms with Gasteiger partial charge in [0.2, 0.25) is 5.91 Å². The number of halogens is 1. The van der Waals surface area contributed by atoms with Crippen LogP contribution in [0.25, 0.3) is 0 Å². The van der Waals surface area contributed by atoms with Gasteiger partial charge in [-0.05, 0) is 43.6 Å². The number of carbonyl (C=O) groups excluding carboxylic acids is 1. The van der Waals surface area contributed by atoms with Crippen molar-refractivity contribution in [2.45, 2.75) is 57.2 Å². The van der Waals surface area contributed by atoms with Crippen LogP contribution in [-0.2, 0) is 24.2 Å². The summed E-state index contributed by atoms with van der Waals surface area (Å²) in [5.74, 6) is 2.09. The summed E-state index contributed by atoms with van der Waals surface area (Å²) in [6.45, 7) is 1.21. The molecule has 1 saturated carbocycles. The summed E-state index contributed by atoms with van der Waals surface area (Å²) in [5.41, 5.74) is 7.61. The zero-order valence-corrected chi connectivity index (χ0v) is 17.4. The second-order valence-electron chi connectivity index (χ2n) is 8.12. The Bertz CT molecular complexity index is 809. The van der Waals surface area contributed by atoms with Gasteiger partial charge in [0.15, 0.2) is 5.82 Å². The molecule has 3 N–H and O–H groups in total. The SMILES string of the molecule is Cl.N[C@H](Cc1ccccc1)c1nc(CC2CC2)nn1CC(=O)N1CCC[C@H](O)C1. The zero-order chi connectivity index (χ0) is 19.5. The van der Waals surface area contributed by atoms with Crippen molar-refractivity contribution in [2.24, 2.45) is 11.7 Å². The van der Waals surface area contributed by atoms with E-state index >= 15 is 0 Å². The maximum Gasteiger partial charge on any atom is 0.244 e. The average molecular weight is 420 g/mol. The van der Waals surface area contributed by atoms with Gasteiger partial charge in [0.05, 0.1) is 12.1 Å². The predicted octanol–water partition coefficient (Wildman–Crippen LogP) is 1.88. The minimum absolute atomic E-state index is 0. The molecule has 0 unspecified atom stereocenters. The highest BCUT2D eigenvalue weighted by Gasteiger charge is 2.27. The summed E-state index contributed by atoms with van der Waals surface area (Å²) in [4.78, 5) is 19.2.